The Hall–Kier alpha value is -3.53. The van der Waals surface area contributed by atoms with Crippen molar-refractivity contribution in [2.24, 2.45) is 0 Å². The fraction of sp³-hybridized carbons (Fsp3) is 0.222. The van der Waals surface area contributed by atoms with Gasteiger partial charge in [0, 0.05) is 44.6 Å². The number of rotatable bonds is 8. The Morgan fingerprint density at radius 3 is 2.13 bits per heavy atom. The van der Waals surface area contributed by atoms with Gasteiger partial charge in [0.05, 0.1) is 7.11 Å². The second-order valence-corrected chi connectivity index (χ2v) is 7.57. The average Bonchev–Trinajstić information content (AvgIpc) is 2.82. The first-order chi connectivity index (χ1) is 15.0. The Bertz CT molecular complexity index is 1020. The summed E-state index contributed by atoms with van der Waals surface area (Å²) in [5.41, 5.74) is 6.96. The molecule has 4 heteroatoms. The van der Waals surface area contributed by atoms with Crippen LogP contribution in [0, 0.1) is 0 Å². The van der Waals surface area contributed by atoms with Crippen LogP contribution < -0.4 is 9.80 Å². The van der Waals surface area contributed by atoms with Gasteiger partial charge in [0.1, 0.15) is 0 Å². The van der Waals surface area contributed by atoms with E-state index in [1.165, 1.54) is 35.6 Å². The summed E-state index contributed by atoms with van der Waals surface area (Å²) in [6.07, 6.45) is 3.20. The normalized spacial score (nSPS) is 10.8. The molecule has 3 aromatic carbocycles. The van der Waals surface area contributed by atoms with Crippen LogP contribution in [0.4, 0.5) is 11.4 Å². The minimum absolute atomic E-state index is 0.356. The van der Waals surface area contributed by atoms with Gasteiger partial charge < -0.3 is 14.5 Å². The van der Waals surface area contributed by atoms with E-state index >= 15 is 0 Å². The molecule has 0 N–H and O–H groups in total. The Balaban J connectivity index is 1.67. The largest absolute Gasteiger partial charge is 0.466 e. The maximum atomic E-state index is 11.3. The number of hydrogen-bond donors (Lipinski definition) is 0. The van der Waals surface area contributed by atoms with E-state index in [1.54, 1.807) is 6.08 Å². The maximum Gasteiger partial charge on any atom is 0.330 e. The van der Waals surface area contributed by atoms with Gasteiger partial charge in [-0.1, -0.05) is 48.5 Å². The van der Waals surface area contributed by atoms with Crippen LogP contribution in [-0.4, -0.2) is 33.7 Å². The van der Waals surface area contributed by atoms with Crippen molar-refractivity contribution in [3.63, 3.8) is 0 Å². The fourth-order valence-electron chi connectivity index (χ4n) is 3.36. The van der Waals surface area contributed by atoms with E-state index in [9.17, 15) is 4.79 Å². The van der Waals surface area contributed by atoms with Crippen molar-refractivity contribution >= 4 is 23.4 Å². The summed E-state index contributed by atoms with van der Waals surface area (Å²) < 4.78 is 4.65. The number of hydrogen-bond acceptors (Lipinski definition) is 4. The van der Waals surface area contributed by atoms with Gasteiger partial charge in [0.2, 0.25) is 0 Å². The molecule has 0 radical (unpaired) electrons. The molecular weight excluding hydrogens is 384 g/mol. The quantitative estimate of drug-likeness (QED) is 0.353. The number of benzene rings is 3. The Morgan fingerprint density at radius 2 is 1.52 bits per heavy atom. The summed E-state index contributed by atoms with van der Waals surface area (Å²) in [5.74, 6) is -0.356. The highest BCUT2D eigenvalue weighted by Gasteiger charge is 2.05. The molecule has 0 unspecified atom stereocenters. The molecule has 0 heterocycles. The van der Waals surface area contributed by atoms with Gasteiger partial charge in [0.25, 0.3) is 0 Å². The summed E-state index contributed by atoms with van der Waals surface area (Å²) in [5, 5.41) is 0. The molecule has 160 valence electrons. The zero-order valence-corrected chi connectivity index (χ0v) is 18.7. The molecule has 0 aliphatic rings. The zero-order chi connectivity index (χ0) is 22.2. The van der Waals surface area contributed by atoms with E-state index < -0.39 is 0 Å². The smallest absolute Gasteiger partial charge is 0.330 e. The predicted octanol–water partition coefficient (Wildman–Crippen LogP) is 5.63. The Labute approximate surface area is 185 Å². The van der Waals surface area contributed by atoms with Gasteiger partial charge >= 0.3 is 5.97 Å². The first-order valence-corrected chi connectivity index (χ1v) is 10.5. The van der Waals surface area contributed by atoms with E-state index in [-0.39, 0.29) is 5.97 Å². The number of anilines is 2. The van der Waals surface area contributed by atoms with Crippen molar-refractivity contribution in [1.29, 1.82) is 0 Å². The van der Waals surface area contributed by atoms with Crippen LogP contribution in [0.25, 0.3) is 17.2 Å². The lowest BCUT2D eigenvalue weighted by Crippen LogP contribution is -2.16. The molecule has 0 aliphatic heterocycles. The third-order valence-corrected chi connectivity index (χ3v) is 5.41. The number of ether oxygens (including phenoxy) is 1. The lowest BCUT2D eigenvalue weighted by Gasteiger charge is -2.20. The standard InChI is InChI=1S/C27H30N2O2/c1-5-28(2)25-16-14-24(15-17-25)23-12-9-22(10-13-23)20-29(3)26-8-6-7-21(19-26)11-18-27(30)31-4/h6-19H,5,20H2,1-4H3/b18-11+. The van der Waals surface area contributed by atoms with Crippen LogP contribution in [-0.2, 0) is 16.1 Å². The highest BCUT2D eigenvalue weighted by molar-refractivity contribution is 5.87. The number of methoxy groups -OCH3 is 1. The molecule has 0 bridgehead atoms. The van der Waals surface area contributed by atoms with Gasteiger partial charge in [-0.3, -0.25) is 0 Å². The minimum Gasteiger partial charge on any atom is -0.466 e. The predicted molar refractivity (Wildman–Crippen MR) is 130 cm³/mol. The molecule has 0 amide bonds. The maximum absolute atomic E-state index is 11.3. The first-order valence-electron chi connectivity index (χ1n) is 10.5. The van der Waals surface area contributed by atoms with Gasteiger partial charge in [-0.15, -0.1) is 0 Å². The van der Waals surface area contributed by atoms with Gasteiger partial charge in [-0.05, 0) is 59.5 Å². The highest BCUT2D eigenvalue weighted by Crippen LogP contribution is 2.24. The molecule has 3 rings (SSSR count). The van der Waals surface area contributed by atoms with Crippen LogP contribution in [0.5, 0.6) is 0 Å². The SMILES string of the molecule is CCN(C)c1ccc(-c2ccc(CN(C)c3cccc(/C=C/C(=O)OC)c3)cc2)cc1. The second-order valence-electron chi connectivity index (χ2n) is 7.57. The van der Waals surface area contributed by atoms with E-state index in [2.05, 4.69) is 96.2 Å². The molecule has 0 saturated carbocycles. The molecule has 0 atom stereocenters. The molecular formula is C27H30N2O2. The molecule has 0 saturated heterocycles. The summed E-state index contributed by atoms with van der Waals surface area (Å²) in [6.45, 7) is 3.94. The first kappa shape index (κ1) is 22.2. The van der Waals surface area contributed by atoms with Crippen molar-refractivity contribution in [1.82, 2.24) is 0 Å². The lowest BCUT2D eigenvalue weighted by atomic mass is 10.0. The summed E-state index contributed by atoms with van der Waals surface area (Å²) in [6, 6.07) is 25.5. The zero-order valence-electron chi connectivity index (χ0n) is 18.7. The molecule has 31 heavy (non-hydrogen) atoms. The fourth-order valence-corrected chi connectivity index (χ4v) is 3.36. The monoisotopic (exact) mass is 414 g/mol. The number of esters is 1. The average molecular weight is 415 g/mol. The van der Waals surface area contributed by atoms with E-state index in [1.807, 2.05) is 12.1 Å². The third kappa shape index (κ3) is 5.98. The van der Waals surface area contributed by atoms with Crippen LogP contribution in [0.2, 0.25) is 0 Å². The van der Waals surface area contributed by atoms with Crippen LogP contribution in [0.3, 0.4) is 0 Å². The highest BCUT2D eigenvalue weighted by atomic mass is 16.5. The second kappa shape index (κ2) is 10.5. The number of carbonyl (C=O) groups is 1. The van der Waals surface area contributed by atoms with Crippen LogP contribution in [0.1, 0.15) is 18.1 Å². The van der Waals surface area contributed by atoms with Crippen molar-refractivity contribution in [2.75, 3.05) is 37.5 Å². The summed E-state index contributed by atoms with van der Waals surface area (Å²) in [7, 11) is 5.55. The molecule has 4 nitrogen and oxygen atoms in total. The third-order valence-electron chi connectivity index (χ3n) is 5.41. The van der Waals surface area contributed by atoms with Gasteiger partial charge in [-0.2, -0.15) is 0 Å². The van der Waals surface area contributed by atoms with Crippen LogP contribution in [0.15, 0.2) is 78.9 Å². The Kier molecular flexibility index (Phi) is 7.50. The van der Waals surface area contributed by atoms with Crippen molar-refractivity contribution in [3.05, 3.63) is 90.0 Å². The van der Waals surface area contributed by atoms with Crippen molar-refractivity contribution in [3.8, 4) is 11.1 Å². The number of carbonyl (C=O) groups excluding carboxylic acids is 1. The molecule has 0 aromatic heterocycles. The van der Waals surface area contributed by atoms with Crippen molar-refractivity contribution < 1.29 is 9.53 Å². The Morgan fingerprint density at radius 1 is 0.871 bits per heavy atom. The van der Waals surface area contributed by atoms with E-state index in [0.29, 0.717) is 0 Å². The topological polar surface area (TPSA) is 32.8 Å². The van der Waals surface area contributed by atoms with E-state index in [0.717, 1.165) is 24.3 Å². The lowest BCUT2D eigenvalue weighted by molar-refractivity contribution is -0.134. The van der Waals surface area contributed by atoms with Crippen LogP contribution >= 0.6 is 0 Å². The summed E-state index contributed by atoms with van der Waals surface area (Å²) >= 11 is 0. The molecule has 0 aliphatic carbocycles. The van der Waals surface area contributed by atoms with E-state index in [4.69, 9.17) is 0 Å². The molecule has 0 fully saturated rings. The summed E-state index contributed by atoms with van der Waals surface area (Å²) in [4.78, 5) is 15.7. The van der Waals surface area contributed by atoms with Gasteiger partial charge in [0.15, 0.2) is 0 Å². The van der Waals surface area contributed by atoms with Crippen molar-refractivity contribution in [2.45, 2.75) is 13.5 Å². The molecule has 3 aromatic rings. The molecule has 0 spiro atoms. The minimum atomic E-state index is -0.356. The number of nitrogens with zero attached hydrogens (tertiary/aromatic N) is 2. The van der Waals surface area contributed by atoms with Gasteiger partial charge in [-0.25, -0.2) is 4.79 Å².